The van der Waals surface area contributed by atoms with Gasteiger partial charge in [-0.15, -0.1) is 0 Å². The monoisotopic (exact) mass is 425 g/mol. The summed E-state index contributed by atoms with van der Waals surface area (Å²) in [7, 11) is 0. The number of rotatable bonds is 6. The average molecular weight is 426 g/mol. The Hall–Kier alpha value is -3.51. The van der Waals surface area contributed by atoms with Crippen molar-refractivity contribution in [1.29, 1.82) is 0 Å². The number of hydrogen-bond donors (Lipinski definition) is 2. The first-order valence-corrected chi connectivity index (χ1v) is 11.2. The second-order valence-corrected chi connectivity index (χ2v) is 8.20. The van der Waals surface area contributed by atoms with Crippen molar-refractivity contribution >= 4 is 22.5 Å². The van der Waals surface area contributed by atoms with Gasteiger partial charge in [-0.3, -0.25) is 4.98 Å². The highest BCUT2D eigenvalue weighted by Gasteiger charge is 2.17. The molecule has 2 aromatic carbocycles. The maximum Gasteiger partial charge on any atom is 0.169 e. The van der Waals surface area contributed by atoms with Crippen LogP contribution < -0.4 is 11.1 Å². The number of ether oxygens (including phenoxy) is 1. The number of fused-ring (bicyclic) bond motifs is 1. The third kappa shape index (κ3) is 4.41. The molecule has 32 heavy (non-hydrogen) atoms. The van der Waals surface area contributed by atoms with Gasteiger partial charge >= 0.3 is 0 Å². The maximum absolute atomic E-state index is 6.35. The molecule has 1 aliphatic rings. The SMILES string of the molecule is Nc1nc(-c2ccccc2)c(-c2ccc3ncccc3c2)nc1NCCC1CCOCC1. The zero-order valence-corrected chi connectivity index (χ0v) is 18.0. The minimum atomic E-state index is 0.419. The quantitative estimate of drug-likeness (QED) is 0.443. The molecule has 3 heterocycles. The van der Waals surface area contributed by atoms with Crippen molar-refractivity contribution < 1.29 is 4.74 Å². The molecule has 0 aliphatic carbocycles. The second-order valence-electron chi connectivity index (χ2n) is 8.20. The first-order chi connectivity index (χ1) is 15.8. The summed E-state index contributed by atoms with van der Waals surface area (Å²) in [5.41, 5.74) is 10.9. The van der Waals surface area contributed by atoms with Crippen LogP contribution >= 0.6 is 0 Å². The molecule has 162 valence electrons. The Morgan fingerprint density at radius 3 is 2.56 bits per heavy atom. The minimum Gasteiger partial charge on any atom is -0.381 e. The van der Waals surface area contributed by atoms with Gasteiger partial charge in [-0.05, 0) is 43.4 Å². The van der Waals surface area contributed by atoms with Crippen molar-refractivity contribution in [3.63, 3.8) is 0 Å². The third-order valence-electron chi connectivity index (χ3n) is 6.03. The lowest BCUT2D eigenvalue weighted by Crippen LogP contribution is -2.19. The lowest BCUT2D eigenvalue weighted by Gasteiger charge is -2.22. The Morgan fingerprint density at radius 2 is 1.72 bits per heavy atom. The van der Waals surface area contributed by atoms with Crippen LogP contribution in [0.5, 0.6) is 0 Å². The number of nitrogens with two attached hydrogens (primary N) is 1. The van der Waals surface area contributed by atoms with Crippen LogP contribution in [0.4, 0.5) is 11.6 Å². The van der Waals surface area contributed by atoms with E-state index in [1.165, 1.54) is 0 Å². The van der Waals surface area contributed by atoms with Gasteiger partial charge in [-0.2, -0.15) is 0 Å². The van der Waals surface area contributed by atoms with Gasteiger partial charge in [0, 0.05) is 42.5 Å². The normalized spacial score (nSPS) is 14.5. The van der Waals surface area contributed by atoms with E-state index in [0.717, 1.165) is 72.4 Å². The van der Waals surface area contributed by atoms with Gasteiger partial charge in [-0.1, -0.05) is 42.5 Å². The average Bonchev–Trinajstić information content (AvgIpc) is 2.86. The van der Waals surface area contributed by atoms with Crippen molar-refractivity contribution in [3.8, 4) is 22.5 Å². The van der Waals surface area contributed by atoms with E-state index in [9.17, 15) is 0 Å². The molecule has 1 fully saturated rings. The zero-order chi connectivity index (χ0) is 21.8. The summed E-state index contributed by atoms with van der Waals surface area (Å²) in [6, 6.07) is 20.3. The molecule has 0 bridgehead atoms. The lowest BCUT2D eigenvalue weighted by molar-refractivity contribution is 0.0649. The van der Waals surface area contributed by atoms with Crippen LogP contribution in [-0.2, 0) is 4.74 Å². The standard InChI is InChI=1S/C26H27N5O/c27-25-26(29-14-10-18-11-15-32-16-12-18)31-24(23(30-25)19-5-2-1-3-6-19)21-8-9-22-20(17-21)7-4-13-28-22/h1-9,13,17-18H,10-12,14-16H2,(H2,27,30)(H,29,31). The zero-order valence-electron chi connectivity index (χ0n) is 18.0. The Morgan fingerprint density at radius 1 is 0.906 bits per heavy atom. The van der Waals surface area contributed by atoms with Crippen LogP contribution in [0, 0.1) is 5.92 Å². The van der Waals surface area contributed by atoms with Crippen molar-refractivity contribution in [2.24, 2.45) is 5.92 Å². The molecule has 0 amide bonds. The van der Waals surface area contributed by atoms with Crippen LogP contribution in [0.3, 0.4) is 0 Å². The fourth-order valence-electron chi connectivity index (χ4n) is 4.23. The number of nitrogens with zero attached hydrogens (tertiary/aromatic N) is 3. The van der Waals surface area contributed by atoms with Crippen LogP contribution in [0.25, 0.3) is 33.4 Å². The third-order valence-corrected chi connectivity index (χ3v) is 6.03. The molecule has 4 aromatic rings. The predicted molar refractivity (Wildman–Crippen MR) is 129 cm³/mol. The number of hydrogen-bond acceptors (Lipinski definition) is 6. The van der Waals surface area contributed by atoms with Crippen LogP contribution in [0.15, 0.2) is 66.9 Å². The predicted octanol–water partition coefficient (Wildman–Crippen LogP) is 5.17. The Kier molecular flexibility index (Phi) is 5.94. The molecule has 0 atom stereocenters. The number of nitrogen functional groups attached to an aromatic ring is 1. The van der Waals surface area contributed by atoms with E-state index in [-0.39, 0.29) is 0 Å². The molecule has 6 heteroatoms. The summed E-state index contributed by atoms with van der Waals surface area (Å²) in [5.74, 6) is 1.74. The van der Waals surface area contributed by atoms with E-state index in [1.807, 2.05) is 48.5 Å². The van der Waals surface area contributed by atoms with E-state index in [0.29, 0.717) is 17.6 Å². The summed E-state index contributed by atoms with van der Waals surface area (Å²) in [6.07, 6.45) is 5.11. The largest absolute Gasteiger partial charge is 0.381 e. The summed E-state index contributed by atoms with van der Waals surface area (Å²) in [6.45, 7) is 2.54. The molecule has 1 saturated heterocycles. The fourth-order valence-corrected chi connectivity index (χ4v) is 4.23. The molecule has 0 radical (unpaired) electrons. The van der Waals surface area contributed by atoms with Crippen molar-refractivity contribution in [3.05, 3.63) is 66.9 Å². The maximum atomic E-state index is 6.35. The van der Waals surface area contributed by atoms with Crippen LogP contribution in [0.1, 0.15) is 19.3 Å². The topological polar surface area (TPSA) is 86.0 Å². The van der Waals surface area contributed by atoms with E-state index in [1.54, 1.807) is 6.20 Å². The number of benzene rings is 2. The van der Waals surface area contributed by atoms with E-state index < -0.39 is 0 Å². The van der Waals surface area contributed by atoms with E-state index >= 15 is 0 Å². The highest BCUT2D eigenvalue weighted by Crippen LogP contribution is 2.33. The lowest BCUT2D eigenvalue weighted by atomic mass is 9.97. The number of pyridine rings is 1. The first kappa shape index (κ1) is 20.4. The van der Waals surface area contributed by atoms with Crippen molar-refractivity contribution in [1.82, 2.24) is 15.0 Å². The van der Waals surface area contributed by atoms with Gasteiger partial charge in [0.05, 0.1) is 16.9 Å². The van der Waals surface area contributed by atoms with Gasteiger partial charge in [-0.25, -0.2) is 9.97 Å². The van der Waals surface area contributed by atoms with Crippen molar-refractivity contribution in [2.75, 3.05) is 30.8 Å². The Bertz CT molecular complexity index is 1210. The van der Waals surface area contributed by atoms with E-state index in [2.05, 4.69) is 22.4 Å². The number of anilines is 2. The van der Waals surface area contributed by atoms with Gasteiger partial charge < -0.3 is 15.8 Å². The summed E-state index contributed by atoms with van der Waals surface area (Å²) >= 11 is 0. The molecule has 0 unspecified atom stereocenters. The molecule has 0 saturated carbocycles. The fraction of sp³-hybridized carbons (Fsp3) is 0.269. The van der Waals surface area contributed by atoms with Gasteiger partial charge in [0.25, 0.3) is 0 Å². The van der Waals surface area contributed by atoms with Crippen molar-refractivity contribution in [2.45, 2.75) is 19.3 Å². The molecule has 3 N–H and O–H groups in total. The summed E-state index contributed by atoms with van der Waals surface area (Å²) in [4.78, 5) is 14.2. The molecular formula is C26H27N5O. The van der Waals surface area contributed by atoms with Gasteiger partial charge in [0.15, 0.2) is 11.6 Å². The van der Waals surface area contributed by atoms with Crippen LogP contribution in [0.2, 0.25) is 0 Å². The minimum absolute atomic E-state index is 0.419. The summed E-state index contributed by atoms with van der Waals surface area (Å²) in [5, 5.41) is 4.50. The molecule has 2 aromatic heterocycles. The molecule has 0 spiro atoms. The van der Waals surface area contributed by atoms with Crippen LogP contribution in [-0.4, -0.2) is 34.7 Å². The Labute approximate surface area is 187 Å². The first-order valence-electron chi connectivity index (χ1n) is 11.2. The highest BCUT2D eigenvalue weighted by molar-refractivity contribution is 5.88. The molecule has 1 aliphatic heterocycles. The highest BCUT2D eigenvalue weighted by atomic mass is 16.5. The van der Waals surface area contributed by atoms with Gasteiger partial charge in [0.1, 0.15) is 0 Å². The summed E-state index contributed by atoms with van der Waals surface area (Å²) < 4.78 is 5.47. The Balaban J connectivity index is 1.50. The molecule has 6 nitrogen and oxygen atoms in total. The number of nitrogens with one attached hydrogen (secondary N) is 1. The second kappa shape index (κ2) is 9.32. The van der Waals surface area contributed by atoms with E-state index in [4.69, 9.17) is 20.4 Å². The van der Waals surface area contributed by atoms with Gasteiger partial charge in [0.2, 0.25) is 0 Å². The molecular weight excluding hydrogens is 398 g/mol. The number of aromatic nitrogens is 3. The smallest absolute Gasteiger partial charge is 0.169 e. The molecule has 5 rings (SSSR count).